The van der Waals surface area contributed by atoms with Crippen molar-refractivity contribution < 1.29 is 14.6 Å². The Bertz CT molecular complexity index is 949. The average Bonchev–Trinajstić information content (AvgIpc) is 3.25. The monoisotopic (exact) mass is 374 g/mol. The van der Waals surface area contributed by atoms with Crippen molar-refractivity contribution in [2.24, 2.45) is 0 Å². The van der Waals surface area contributed by atoms with Crippen LogP contribution < -0.4 is 0 Å². The number of carbonyl (C=O) groups is 1. The van der Waals surface area contributed by atoms with Crippen molar-refractivity contribution in [2.45, 2.75) is 38.8 Å². The first-order valence-electron chi connectivity index (χ1n) is 8.94. The van der Waals surface area contributed by atoms with E-state index in [0.717, 1.165) is 34.1 Å². The minimum absolute atomic E-state index is 0.0513. The zero-order chi connectivity index (χ0) is 18.3. The fourth-order valence-electron chi connectivity index (χ4n) is 3.71. The first-order chi connectivity index (χ1) is 12.6. The Morgan fingerprint density at radius 2 is 2.35 bits per heavy atom. The van der Waals surface area contributed by atoms with E-state index in [9.17, 15) is 9.90 Å². The van der Waals surface area contributed by atoms with Crippen LogP contribution in [0.3, 0.4) is 0 Å². The van der Waals surface area contributed by atoms with Crippen LogP contribution in [0, 0.1) is 0 Å². The molecule has 4 heterocycles. The molecule has 4 rings (SSSR count). The number of nitrogens with zero attached hydrogens (tertiary/aromatic N) is 4. The molecule has 1 saturated heterocycles. The fourth-order valence-corrected chi connectivity index (χ4v) is 4.60. The summed E-state index contributed by atoms with van der Waals surface area (Å²) in [5, 5.41) is 12.3. The van der Waals surface area contributed by atoms with E-state index in [-0.39, 0.29) is 12.1 Å². The minimum Gasteiger partial charge on any atom is -0.450 e. The number of fused-ring (bicyclic) bond motifs is 3. The van der Waals surface area contributed by atoms with Gasteiger partial charge in [-0.15, -0.1) is 11.3 Å². The van der Waals surface area contributed by atoms with E-state index in [1.807, 2.05) is 18.4 Å². The predicted molar refractivity (Wildman–Crippen MR) is 100 cm³/mol. The molecule has 1 unspecified atom stereocenters. The summed E-state index contributed by atoms with van der Waals surface area (Å²) in [5.41, 5.74) is 2.71. The number of hydrogen-bond acceptors (Lipinski definition) is 6. The van der Waals surface area contributed by atoms with Gasteiger partial charge in [0.25, 0.3) is 0 Å². The van der Waals surface area contributed by atoms with Crippen LogP contribution in [-0.2, 0) is 4.74 Å². The molecule has 2 atom stereocenters. The molecule has 26 heavy (non-hydrogen) atoms. The number of aromatic nitrogens is 3. The molecular formula is C18H22N4O3S. The summed E-state index contributed by atoms with van der Waals surface area (Å²) in [4.78, 5) is 23.1. The molecule has 0 bridgehead atoms. The minimum atomic E-state index is -0.699. The summed E-state index contributed by atoms with van der Waals surface area (Å²) in [7, 11) is 0. The number of amides is 1. The Labute approximate surface area is 155 Å². The molecule has 0 aromatic carbocycles. The number of ether oxygens (including phenoxy) is 1. The van der Waals surface area contributed by atoms with Crippen LogP contribution in [0.1, 0.15) is 44.7 Å². The molecule has 0 spiro atoms. The standard InChI is InChI=1S/C18H22N4O3S/c1-3-25-18(24)21-7-4-5-12(10-21)22-15-14(20-17(22)11(2)23)9-19-13-6-8-26-16(13)15/h6,8-9,11-12,23H,3-5,7,10H2,1-2H3/t11-,12?/m1/s1. The van der Waals surface area contributed by atoms with Gasteiger partial charge in [0.15, 0.2) is 0 Å². The lowest BCUT2D eigenvalue weighted by molar-refractivity contribution is 0.0882. The second-order valence-electron chi connectivity index (χ2n) is 6.58. The van der Waals surface area contributed by atoms with Gasteiger partial charge in [0, 0.05) is 13.1 Å². The Morgan fingerprint density at radius 3 is 3.12 bits per heavy atom. The summed E-state index contributed by atoms with van der Waals surface area (Å²) in [6.45, 7) is 5.16. The van der Waals surface area contributed by atoms with Crippen LogP contribution in [0.5, 0.6) is 0 Å². The van der Waals surface area contributed by atoms with Crippen LogP contribution >= 0.6 is 11.3 Å². The molecule has 3 aromatic heterocycles. The molecule has 1 fully saturated rings. The lowest BCUT2D eigenvalue weighted by Crippen LogP contribution is -2.41. The Morgan fingerprint density at radius 1 is 1.50 bits per heavy atom. The van der Waals surface area contributed by atoms with Crippen LogP contribution in [0.4, 0.5) is 4.79 Å². The van der Waals surface area contributed by atoms with Crippen molar-refractivity contribution >= 4 is 38.7 Å². The third-order valence-electron chi connectivity index (χ3n) is 4.81. The number of imidazole rings is 1. The van der Waals surface area contributed by atoms with Gasteiger partial charge in [0.1, 0.15) is 17.4 Å². The summed E-state index contributed by atoms with van der Waals surface area (Å²) in [5.74, 6) is 0.624. The van der Waals surface area contributed by atoms with Crippen LogP contribution in [-0.4, -0.2) is 50.3 Å². The molecule has 7 nitrogen and oxygen atoms in total. The molecular weight excluding hydrogens is 352 g/mol. The Kier molecular flexibility index (Phi) is 4.54. The van der Waals surface area contributed by atoms with Crippen molar-refractivity contribution in [3.8, 4) is 0 Å². The topological polar surface area (TPSA) is 80.5 Å². The van der Waals surface area contributed by atoms with E-state index >= 15 is 0 Å². The zero-order valence-electron chi connectivity index (χ0n) is 14.9. The molecule has 1 aliphatic rings. The van der Waals surface area contributed by atoms with Crippen LogP contribution in [0.25, 0.3) is 21.3 Å². The lowest BCUT2D eigenvalue weighted by atomic mass is 10.1. The quantitative estimate of drug-likeness (QED) is 0.759. The van der Waals surface area contributed by atoms with Gasteiger partial charge in [-0.1, -0.05) is 0 Å². The molecule has 1 amide bonds. The Hall–Kier alpha value is -2.19. The van der Waals surface area contributed by atoms with E-state index in [2.05, 4.69) is 14.5 Å². The van der Waals surface area contributed by atoms with Gasteiger partial charge in [0.2, 0.25) is 0 Å². The van der Waals surface area contributed by atoms with E-state index < -0.39 is 6.10 Å². The number of thiophene rings is 1. The number of piperidine rings is 1. The number of rotatable bonds is 3. The summed E-state index contributed by atoms with van der Waals surface area (Å²) in [6, 6.07) is 2.04. The predicted octanol–water partition coefficient (Wildman–Crippen LogP) is 3.49. The molecule has 3 aromatic rings. The highest BCUT2D eigenvalue weighted by Crippen LogP contribution is 2.35. The van der Waals surface area contributed by atoms with Gasteiger partial charge in [-0.2, -0.15) is 0 Å². The highest BCUT2D eigenvalue weighted by Gasteiger charge is 2.30. The van der Waals surface area contributed by atoms with Crippen LogP contribution in [0.2, 0.25) is 0 Å². The first-order valence-corrected chi connectivity index (χ1v) is 9.82. The highest BCUT2D eigenvalue weighted by atomic mass is 32.1. The number of aliphatic hydroxyl groups is 1. The van der Waals surface area contributed by atoms with Gasteiger partial charge in [-0.05, 0) is 38.1 Å². The molecule has 138 valence electrons. The maximum atomic E-state index is 12.2. The normalized spacial score (nSPS) is 19.2. The third-order valence-corrected chi connectivity index (χ3v) is 5.72. The average molecular weight is 374 g/mol. The number of carbonyl (C=O) groups excluding carboxylic acids is 1. The maximum Gasteiger partial charge on any atom is 0.409 e. The van der Waals surface area contributed by atoms with E-state index in [1.54, 1.807) is 29.4 Å². The molecule has 1 aliphatic heterocycles. The molecule has 0 aliphatic carbocycles. The van der Waals surface area contributed by atoms with E-state index in [0.29, 0.717) is 25.5 Å². The number of pyridine rings is 1. The summed E-state index contributed by atoms with van der Waals surface area (Å²) < 4.78 is 8.36. The highest BCUT2D eigenvalue weighted by molar-refractivity contribution is 7.18. The Balaban J connectivity index is 1.82. The van der Waals surface area contributed by atoms with Crippen molar-refractivity contribution in [1.29, 1.82) is 0 Å². The summed E-state index contributed by atoms with van der Waals surface area (Å²) in [6.07, 6.45) is 2.61. The van der Waals surface area contributed by atoms with Crippen molar-refractivity contribution in [3.05, 3.63) is 23.5 Å². The number of likely N-dealkylation sites (tertiary alicyclic amines) is 1. The van der Waals surface area contributed by atoms with E-state index in [4.69, 9.17) is 4.74 Å². The zero-order valence-corrected chi connectivity index (χ0v) is 15.7. The smallest absolute Gasteiger partial charge is 0.409 e. The fraction of sp³-hybridized carbons (Fsp3) is 0.500. The van der Waals surface area contributed by atoms with Gasteiger partial charge >= 0.3 is 6.09 Å². The van der Waals surface area contributed by atoms with Crippen LogP contribution in [0.15, 0.2) is 17.6 Å². The second kappa shape index (κ2) is 6.85. The first kappa shape index (κ1) is 17.2. The number of hydrogen-bond donors (Lipinski definition) is 1. The molecule has 0 radical (unpaired) electrons. The van der Waals surface area contributed by atoms with Gasteiger partial charge < -0.3 is 19.3 Å². The second-order valence-corrected chi connectivity index (χ2v) is 7.50. The van der Waals surface area contributed by atoms with Crippen molar-refractivity contribution in [3.63, 3.8) is 0 Å². The summed E-state index contributed by atoms with van der Waals surface area (Å²) >= 11 is 1.63. The molecule has 8 heteroatoms. The van der Waals surface area contributed by atoms with Crippen molar-refractivity contribution in [1.82, 2.24) is 19.4 Å². The SMILES string of the molecule is CCOC(=O)N1CCCC(n2c([C@@H](C)O)nc3cnc4ccsc4c32)C1. The molecule has 0 saturated carbocycles. The largest absolute Gasteiger partial charge is 0.450 e. The number of aliphatic hydroxyl groups excluding tert-OH is 1. The third kappa shape index (κ3) is 2.83. The molecule has 1 N–H and O–H groups in total. The van der Waals surface area contributed by atoms with Gasteiger partial charge in [-0.3, -0.25) is 4.98 Å². The maximum absolute atomic E-state index is 12.2. The lowest BCUT2D eigenvalue weighted by Gasteiger charge is -2.34. The van der Waals surface area contributed by atoms with Crippen molar-refractivity contribution in [2.75, 3.05) is 19.7 Å². The van der Waals surface area contributed by atoms with E-state index in [1.165, 1.54) is 0 Å². The van der Waals surface area contributed by atoms with Gasteiger partial charge in [-0.25, -0.2) is 9.78 Å². The van der Waals surface area contributed by atoms with Gasteiger partial charge in [0.05, 0.1) is 34.6 Å².